The molecule has 0 fully saturated rings. The molecule has 1 unspecified atom stereocenters. The number of hydrogen-bond donors (Lipinski definition) is 3. The molecule has 0 aliphatic rings. The van der Waals surface area contributed by atoms with Crippen LogP contribution >= 0.6 is 0 Å². The molecule has 0 radical (unpaired) electrons. The van der Waals surface area contributed by atoms with Gasteiger partial charge in [-0.3, -0.25) is 10.1 Å². The van der Waals surface area contributed by atoms with Crippen LogP contribution in [0.1, 0.15) is 17.3 Å². The summed E-state index contributed by atoms with van der Waals surface area (Å²) >= 11 is 0. The predicted molar refractivity (Wildman–Crippen MR) is 60.7 cm³/mol. The summed E-state index contributed by atoms with van der Waals surface area (Å²) in [5.74, 6) is -1.72. The first-order valence-electron chi connectivity index (χ1n) is 5.00. The zero-order chi connectivity index (χ0) is 13.7. The molecule has 1 aromatic rings. The lowest BCUT2D eigenvalue weighted by Crippen LogP contribution is -2.42. The van der Waals surface area contributed by atoms with Crippen molar-refractivity contribution in [1.82, 2.24) is 5.32 Å². The number of amides is 3. The van der Waals surface area contributed by atoms with Gasteiger partial charge in [-0.05, 0) is 25.1 Å². The number of nitrogens with two attached hydrogens (primary N) is 1. The molecular formula is C11H12N2O5. The second-order valence-electron chi connectivity index (χ2n) is 3.45. The van der Waals surface area contributed by atoms with Crippen molar-refractivity contribution >= 4 is 17.9 Å². The van der Waals surface area contributed by atoms with Gasteiger partial charge in [0.25, 0.3) is 5.91 Å². The van der Waals surface area contributed by atoms with E-state index in [0.717, 1.165) is 0 Å². The summed E-state index contributed by atoms with van der Waals surface area (Å²) in [6, 6.07) is 4.43. The average Bonchev–Trinajstić information content (AvgIpc) is 2.27. The molecule has 96 valence electrons. The van der Waals surface area contributed by atoms with Gasteiger partial charge in [-0.2, -0.15) is 0 Å². The molecule has 0 aliphatic heterocycles. The summed E-state index contributed by atoms with van der Waals surface area (Å²) in [5.41, 5.74) is 4.84. The van der Waals surface area contributed by atoms with Crippen LogP contribution in [0.3, 0.4) is 0 Å². The lowest BCUT2D eigenvalue weighted by Gasteiger charge is -2.11. The second kappa shape index (κ2) is 5.67. The fourth-order valence-electron chi connectivity index (χ4n) is 1.14. The maximum absolute atomic E-state index is 11.6. The normalized spacial score (nSPS) is 11.4. The molecule has 18 heavy (non-hydrogen) atoms. The third-order valence-corrected chi connectivity index (χ3v) is 1.98. The van der Waals surface area contributed by atoms with E-state index in [9.17, 15) is 19.5 Å². The molecule has 3 amide bonds. The number of urea groups is 1. The van der Waals surface area contributed by atoms with E-state index in [1.165, 1.54) is 31.2 Å². The zero-order valence-corrected chi connectivity index (χ0v) is 9.54. The number of phenols is 1. The highest BCUT2D eigenvalue weighted by molar-refractivity contribution is 5.98. The fourth-order valence-corrected chi connectivity index (χ4v) is 1.14. The van der Waals surface area contributed by atoms with Crippen molar-refractivity contribution in [2.24, 2.45) is 5.73 Å². The minimum atomic E-state index is -1.17. The van der Waals surface area contributed by atoms with Crippen molar-refractivity contribution in [2.75, 3.05) is 0 Å². The predicted octanol–water partition coefficient (Wildman–Crippen LogP) is 0.132. The molecule has 7 heteroatoms. The van der Waals surface area contributed by atoms with Gasteiger partial charge in [-0.15, -0.1) is 0 Å². The van der Waals surface area contributed by atoms with E-state index < -0.39 is 24.0 Å². The summed E-state index contributed by atoms with van der Waals surface area (Å²) in [4.78, 5) is 33.2. The van der Waals surface area contributed by atoms with Crippen LogP contribution in [0, 0.1) is 0 Å². The third-order valence-electron chi connectivity index (χ3n) is 1.98. The van der Waals surface area contributed by atoms with Crippen LogP contribution in [0.5, 0.6) is 5.75 Å². The number of carbonyl (C=O) groups is 3. The number of nitrogens with one attached hydrogen (secondary N) is 1. The Morgan fingerprint density at radius 2 is 2.06 bits per heavy atom. The Hall–Kier alpha value is -2.57. The summed E-state index contributed by atoms with van der Waals surface area (Å²) in [6.07, 6.45) is -1.17. The summed E-state index contributed by atoms with van der Waals surface area (Å²) in [6.45, 7) is 1.29. The van der Waals surface area contributed by atoms with Gasteiger partial charge in [0.15, 0.2) is 6.10 Å². The van der Waals surface area contributed by atoms with Gasteiger partial charge in [0.1, 0.15) is 5.75 Å². The van der Waals surface area contributed by atoms with Gasteiger partial charge in [0.2, 0.25) is 0 Å². The zero-order valence-electron chi connectivity index (χ0n) is 9.54. The number of aromatic hydroxyl groups is 1. The van der Waals surface area contributed by atoms with E-state index in [1.54, 1.807) is 5.32 Å². The molecule has 1 aromatic carbocycles. The Balaban J connectivity index is 2.65. The first-order valence-corrected chi connectivity index (χ1v) is 5.00. The molecule has 0 spiro atoms. The number of hydrogen-bond acceptors (Lipinski definition) is 5. The van der Waals surface area contributed by atoms with Crippen molar-refractivity contribution < 1.29 is 24.2 Å². The molecule has 0 aromatic heterocycles. The van der Waals surface area contributed by atoms with Crippen LogP contribution < -0.4 is 11.1 Å². The van der Waals surface area contributed by atoms with Crippen LogP contribution in [0.4, 0.5) is 4.79 Å². The number of benzene rings is 1. The molecule has 7 nitrogen and oxygen atoms in total. The summed E-state index contributed by atoms with van der Waals surface area (Å²) in [5, 5.41) is 11.0. The number of phenolic OH excluding ortho intramolecular Hbond substituents is 1. The number of primary amides is 1. The molecule has 0 saturated heterocycles. The van der Waals surface area contributed by atoms with Crippen LogP contribution in [-0.2, 0) is 9.53 Å². The fraction of sp³-hybridized carbons (Fsp3) is 0.182. The van der Waals surface area contributed by atoms with Crippen molar-refractivity contribution in [3.63, 3.8) is 0 Å². The Kier molecular flexibility index (Phi) is 4.25. The van der Waals surface area contributed by atoms with Gasteiger partial charge in [-0.25, -0.2) is 9.59 Å². The summed E-state index contributed by atoms with van der Waals surface area (Å²) < 4.78 is 4.78. The minimum Gasteiger partial charge on any atom is -0.508 e. The third kappa shape index (κ3) is 3.78. The second-order valence-corrected chi connectivity index (χ2v) is 3.45. The maximum atomic E-state index is 11.6. The number of imide groups is 1. The standard InChI is InChI=1S/C11H12N2O5/c1-6(9(15)13-11(12)17)18-10(16)7-3-2-4-8(14)5-7/h2-6,14H,1H3,(H3,12,13,15,17). The van der Waals surface area contributed by atoms with E-state index in [0.29, 0.717) is 0 Å². The van der Waals surface area contributed by atoms with E-state index in [1.807, 2.05) is 0 Å². The monoisotopic (exact) mass is 252 g/mol. The van der Waals surface area contributed by atoms with E-state index in [2.05, 4.69) is 0 Å². The van der Waals surface area contributed by atoms with Crippen LogP contribution in [0.2, 0.25) is 0 Å². The quantitative estimate of drug-likeness (QED) is 0.661. The highest BCUT2D eigenvalue weighted by atomic mass is 16.5. The molecule has 0 aliphatic carbocycles. The Labute approximate surface area is 103 Å². The van der Waals surface area contributed by atoms with Crippen molar-refractivity contribution in [3.8, 4) is 5.75 Å². The highest BCUT2D eigenvalue weighted by Crippen LogP contribution is 2.12. The van der Waals surface area contributed by atoms with E-state index >= 15 is 0 Å². The Bertz CT molecular complexity index is 486. The number of ether oxygens (including phenoxy) is 1. The Morgan fingerprint density at radius 3 is 2.61 bits per heavy atom. The molecule has 1 rings (SSSR count). The molecular weight excluding hydrogens is 240 g/mol. The lowest BCUT2D eigenvalue weighted by molar-refractivity contribution is -0.127. The van der Waals surface area contributed by atoms with Crippen LogP contribution in [-0.4, -0.2) is 29.1 Å². The smallest absolute Gasteiger partial charge is 0.339 e. The van der Waals surface area contributed by atoms with E-state index in [4.69, 9.17) is 10.5 Å². The molecule has 0 bridgehead atoms. The van der Waals surface area contributed by atoms with Crippen molar-refractivity contribution in [2.45, 2.75) is 13.0 Å². The topological polar surface area (TPSA) is 119 Å². The highest BCUT2D eigenvalue weighted by Gasteiger charge is 2.19. The van der Waals surface area contributed by atoms with Crippen LogP contribution in [0.15, 0.2) is 24.3 Å². The summed E-state index contributed by atoms with van der Waals surface area (Å²) in [7, 11) is 0. The lowest BCUT2D eigenvalue weighted by atomic mass is 10.2. The van der Waals surface area contributed by atoms with Gasteiger partial charge in [0.05, 0.1) is 5.56 Å². The van der Waals surface area contributed by atoms with Gasteiger partial charge >= 0.3 is 12.0 Å². The molecule has 0 saturated carbocycles. The van der Waals surface area contributed by atoms with Crippen LogP contribution in [0.25, 0.3) is 0 Å². The van der Waals surface area contributed by atoms with Gasteiger partial charge in [0, 0.05) is 0 Å². The molecule has 0 heterocycles. The van der Waals surface area contributed by atoms with Crippen molar-refractivity contribution in [3.05, 3.63) is 29.8 Å². The SMILES string of the molecule is CC(OC(=O)c1cccc(O)c1)C(=O)NC(N)=O. The van der Waals surface area contributed by atoms with Gasteiger partial charge in [-0.1, -0.05) is 6.07 Å². The first-order chi connectivity index (χ1) is 8.40. The van der Waals surface area contributed by atoms with Gasteiger partial charge < -0.3 is 15.6 Å². The number of rotatable bonds is 3. The molecule has 1 atom stereocenters. The first kappa shape index (κ1) is 13.5. The number of carbonyl (C=O) groups excluding carboxylic acids is 3. The number of esters is 1. The van der Waals surface area contributed by atoms with Crippen molar-refractivity contribution in [1.29, 1.82) is 0 Å². The van der Waals surface area contributed by atoms with E-state index in [-0.39, 0.29) is 11.3 Å². The average molecular weight is 252 g/mol. The Morgan fingerprint density at radius 1 is 1.39 bits per heavy atom. The largest absolute Gasteiger partial charge is 0.508 e. The molecule has 4 N–H and O–H groups in total. The minimum absolute atomic E-state index is 0.0914. The maximum Gasteiger partial charge on any atom is 0.339 e.